The molecule has 0 aliphatic carbocycles. The Morgan fingerprint density at radius 1 is 0.971 bits per heavy atom. The second-order valence-corrected chi connectivity index (χ2v) is 8.38. The molecule has 4 rings (SSSR count). The molecule has 1 heterocycles. The molecule has 0 radical (unpaired) electrons. The Kier molecular flexibility index (Phi) is 7.15. The van der Waals surface area contributed by atoms with Crippen LogP contribution in [0.3, 0.4) is 0 Å². The summed E-state index contributed by atoms with van der Waals surface area (Å²) in [4.78, 5) is 15.1. The van der Waals surface area contributed by atoms with Crippen molar-refractivity contribution in [2.24, 2.45) is 7.05 Å². The van der Waals surface area contributed by atoms with E-state index in [-0.39, 0.29) is 18.2 Å². The molecule has 0 spiro atoms. The molecule has 3 aromatic carbocycles. The predicted molar refractivity (Wildman–Crippen MR) is 133 cm³/mol. The molecule has 4 aromatic rings. The zero-order valence-corrected chi connectivity index (χ0v) is 20.2. The van der Waals surface area contributed by atoms with Crippen molar-refractivity contribution in [1.29, 1.82) is 0 Å². The standard InChI is InChI=1S/C28H28FN3O3/c1-19(2)32(27(33)21-14-8-9-15-23(21)29)18-22-26(20-12-6-5-7-13-20)30-31(3)28(22)35-25-17-11-10-16-24(25)34-4/h5-17,19H,18H2,1-4H3. The predicted octanol–water partition coefficient (Wildman–Crippen LogP) is 6.08. The van der Waals surface area contributed by atoms with E-state index in [0.29, 0.717) is 28.6 Å². The number of aromatic nitrogens is 2. The Labute approximate surface area is 204 Å². The van der Waals surface area contributed by atoms with Crippen LogP contribution in [0.15, 0.2) is 78.9 Å². The van der Waals surface area contributed by atoms with Crippen molar-refractivity contribution < 1.29 is 18.7 Å². The van der Waals surface area contributed by atoms with Crippen molar-refractivity contribution in [3.8, 4) is 28.6 Å². The minimum Gasteiger partial charge on any atom is -0.493 e. The molecule has 6 nitrogen and oxygen atoms in total. The highest BCUT2D eigenvalue weighted by molar-refractivity contribution is 5.94. The van der Waals surface area contributed by atoms with Crippen LogP contribution in [0.25, 0.3) is 11.3 Å². The first-order chi connectivity index (χ1) is 16.9. The monoisotopic (exact) mass is 473 g/mol. The first-order valence-corrected chi connectivity index (χ1v) is 11.4. The average Bonchev–Trinajstić information content (AvgIpc) is 3.17. The zero-order chi connectivity index (χ0) is 24.9. The number of carbonyl (C=O) groups excluding carboxylic acids is 1. The Hall–Kier alpha value is -4.13. The number of nitrogens with zero attached hydrogens (tertiary/aromatic N) is 3. The number of halogens is 1. The molecule has 0 saturated heterocycles. The highest BCUT2D eigenvalue weighted by Crippen LogP contribution is 2.37. The molecule has 0 aliphatic rings. The third-order valence-electron chi connectivity index (χ3n) is 5.73. The van der Waals surface area contributed by atoms with Crippen molar-refractivity contribution in [1.82, 2.24) is 14.7 Å². The molecule has 1 amide bonds. The van der Waals surface area contributed by atoms with Gasteiger partial charge < -0.3 is 14.4 Å². The number of hydrogen-bond donors (Lipinski definition) is 0. The van der Waals surface area contributed by atoms with E-state index in [1.807, 2.05) is 68.4 Å². The smallest absolute Gasteiger partial charge is 0.257 e. The minimum absolute atomic E-state index is 0.0264. The molecule has 1 aromatic heterocycles. The summed E-state index contributed by atoms with van der Waals surface area (Å²) >= 11 is 0. The first kappa shape index (κ1) is 24.0. The van der Waals surface area contributed by atoms with Gasteiger partial charge in [0.25, 0.3) is 5.91 Å². The number of methoxy groups -OCH3 is 1. The van der Waals surface area contributed by atoms with Crippen LogP contribution in [0.5, 0.6) is 17.4 Å². The summed E-state index contributed by atoms with van der Waals surface area (Å²) in [6.45, 7) is 3.98. The van der Waals surface area contributed by atoms with E-state index in [9.17, 15) is 9.18 Å². The fourth-order valence-corrected chi connectivity index (χ4v) is 3.91. The van der Waals surface area contributed by atoms with E-state index in [0.717, 1.165) is 5.56 Å². The number of amides is 1. The Balaban J connectivity index is 1.82. The third kappa shape index (κ3) is 5.04. The van der Waals surface area contributed by atoms with E-state index < -0.39 is 11.7 Å². The van der Waals surface area contributed by atoms with Crippen LogP contribution >= 0.6 is 0 Å². The van der Waals surface area contributed by atoms with Gasteiger partial charge in [-0.25, -0.2) is 9.07 Å². The van der Waals surface area contributed by atoms with Crippen molar-refractivity contribution in [3.05, 3.63) is 95.8 Å². The molecule has 0 N–H and O–H groups in total. The lowest BCUT2D eigenvalue weighted by Gasteiger charge is -2.27. The summed E-state index contributed by atoms with van der Waals surface area (Å²) in [5.41, 5.74) is 2.31. The third-order valence-corrected chi connectivity index (χ3v) is 5.73. The summed E-state index contributed by atoms with van der Waals surface area (Å²) in [5, 5.41) is 4.73. The number of para-hydroxylation sites is 2. The molecular weight excluding hydrogens is 445 g/mol. The molecule has 0 saturated carbocycles. The minimum atomic E-state index is -0.553. The first-order valence-electron chi connectivity index (χ1n) is 11.4. The number of rotatable bonds is 8. The highest BCUT2D eigenvalue weighted by atomic mass is 19.1. The fraction of sp³-hybridized carbons (Fsp3) is 0.214. The number of hydrogen-bond acceptors (Lipinski definition) is 4. The molecule has 0 bridgehead atoms. The molecule has 0 fully saturated rings. The lowest BCUT2D eigenvalue weighted by atomic mass is 10.1. The quantitative estimate of drug-likeness (QED) is 0.311. The van der Waals surface area contributed by atoms with E-state index >= 15 is 0 Å². The summed E-state index contributed by atoms with van der Waals surface area (Å²) < 4.78 is 27.9. The van der Waals surface area contributed by atoms with Crippen LogP contribution in [-0.2, 0) is 13.6 Å². The summed E-state index contributed by atoms with van der Waals surface area (Å²) in [7, 11) is 3.37. The van der Waals surface area contributed by atoms with Gasteiger partial charge in [0.15, 0.2) is 11.5 Å². The van der Waals surface area contributed by atoms with Gasteiger partial charge in [-0.3, -0.25) is 4.79 Å². The van der Waals surface area contributed by atoms with Gasteiger partial charge in [-0.1, -0.05) is 54.6 Å². The molecule has 0 unspecified atom stereocenters. The van der Waals surface area contributed by atoms with Crippen LogP contribution in [-0.4, -0.2) is 33.7 Å². The van der Waals surface area contributed by atoms with E-state index in [1.54, 1.807) is 35.9 Å². The van der Waals surface area contributed by atoms with Gasteiger partial charge >= 0.3 is 0 Å². The Morgan fingerprint density at radius 2 is 1.60 bits per heavy atom. The average molecular weight is 474 g/mol. The van der Waals surface area contributed by atoms with Gasteiger partial charge in [0.05, 0.1) is 24.8 Å². The van der Waals surface area contributed by atoms with Crippen LogP contribution in [0.1, 0.15) is 29.8 Å². The van der Waals surface area contributed by atoms with Crippen molar-refractivity contribution in [2.75, 3.05) is 7.11 Å². The van der Waals surface area contributed by atoms with Crippen LogP contribution < -0.4 is 9.47 Å². The SMILES string of the molecule is COc1ccccc1Oc1c(CN(C(=O)c2ccccc2F)C(C)C)c(-c2ccccc2)nn1C. The number of ether oxygens (including phenoxy) is 2. The zero-order valence-electron chi connectivity index (χ0n) is 20.2. The van der Waals surface area contributed by atoms with Crippen LogP contribution in [0.4, 0.5) is 4.39 Å². The molecular formula is C28H28FN3O3. The molecule has 180 valence electrons. The van der Waals surface area contributed by atoms with E-state index in [2.05, 4.69) is 0 Å². The van der Waals surface area contributed by atoms with E-state index in [4.69, 9.17) is 14.6 Å². The van der Waals surface area contributed by atoms with Crippen molar-refractivity contribution >= 4 is 5.91 Å². The largest absolute Gasteiger partial charge is 0.493 e. The number of benzene rings is 3. The normalized spacial score (nSPS) is 10.9. The van der Waals surface area contributed by atoms with Crippen LogP contribution in [0.2, 0.25) is 0 Å². The topological polar surface area (TPSA) is 56.6 Å². The Bertz CT molecular complexity index is 1320. The lowest BCUT2D eigenvalue weighted by Crippen LogP contribution is -2.37. The Morgan fingerprint density at radius 3 is 2.26 bits per heavy atom. The van der Waals surface area contributed by atoms with E-state index in [1.165, 1.54) is 12.1 Å². The lowest BCUT2D eigenvalue weighted by molar-refractivity contribution is 0.0684. The number of carbonyl (C=O) groups is 1. The van der Waals surface area contributed by atoms with Crippen molar-refractivity contribution in [3.63, 3.8) is 0 Å². The molecule has 35 heavy (non-hydrogen) atoms. The second-order valence-electron chi connectivity index (χ2n) is 8.38. The maximum absolute atomic E-state index is 14.5. The second kappa shape index (κ2) is 10.4. The number of aryl methyl sites for hydroxylation is 1. The maximum Gasteiger partial charge on any atom is 0.257 e. The molecule has 0 aliphatic heterocycles. The van der Waals surface area contributed by atoms with Gasteiger partial charge in [0, 0.05) is 18.7 Å². The summed E-state index contributed by atoms with van der Waals surface area (Å²) in [5.74, 6) is 0.618. The van der Waals surface area contributed by atoms with Gasteiger partial charge in [-0.2, -0.15) is 5.10 Å². The van der Waals surface area contributed by atoms with Gasteiger partial charge in [0.2, 0.25) is 5.88 Å². The van der Waals surface area contributed by atoms with Gasteiger partial charge in [-0.15, -0.1) is 0 Å². The maximum atomic E-state index is 14.5. The van der Waals surface area contributed by atoms with Crippen molar-refractivity contribution in [2.45, 2.75) is 26.4 Å². The fourth-order valence-electron chi connectivity index (χ4n) is 3.91. The molecule has 0 atom stereocenters. The summed E-state index contributed by atoms with van der Waals surface area (Å²) in [6.07, 6.45) is 0. The van der Waals surface area contributed by atoms with Crippen LogP contribution in [0, 0.1) is 5.82 Å². The highest BCUT2D eigenvalue weighted by Gasteiger charge is 2.28. The summed E-state index contributed by atoms with van der Waals surface area (Å²) in [6, 6.07) is 22.9. The molecule has 7 heteroatoms. The van der Waals surface area contributed by atoms with Gasteiger partial charge in [-0.05, 0) is 38.1 Å². The van der Waals surface area contributed by atoms with Gasteiger partial charge in [0.1, 0.15) is 11.5 Å².